The van der Waals surface area contributed by atoms with Gasteiger partial charge in [0.05, 0.1) is 32.3 Å². The molecule has 1 aromatic heterocycles. The van der Waals surface area contributed by atoms with Gasteiger partial charge >= 0.3 is 12.3 Å². The molecular formula is C24H25F4N5O3. The molecule has 0 N–H and O–H groups in total. The van der Waals surface area contributed by atoms with Gasteiger partial charge in [0.25, 0.3) is 0 Å². The molecule has 36 heavy (non-hydrogen) atoms. The highest BCUT2D eigenvalue weighted by Crippen LogP contribution is 2.41. The molecule has 2 atom stereocenters. The van der Waals surface area contributed by atoms with Crippen molar-refractivity contribution in [2.24, 2.45) is 7.05 Å². The van der Waals surface area contributed by atoms with Crippen molar-refractivity contribution in [3.63, 3.8) is 0 Å². The normalized spacial score (nSPS) is 18.2. The molecule has 1 aliphatic rings. The maximum absolute atomic E-state index is 14.6. The molecule has 2 heterocycles. The zero-order valence-corrected chi connectivity index (χ0v) is 20.3. The molecule has 192 valence electrons. The minimum atomic E-state index is -4.60. The summed E-state index contributed by atoms with van der Waals surface area (Å²) in [6, 6.07) is 5.45. The highest BCUT2D eigenvalue weighted by molar-refractivity contribution is 5.76. The van der Waals surface area contributed by atoms with Crippen LogP contribution in [0.1, 0.15) is 55.3 Å². The molecule has 12 heteroatoms. The smallest absolute Gasteiger partial charge is 0.416 e. The fourth-order valence-electron chi connectivity index (χ4n) is 4.23. The lowest BCUT2D eigenvalue weighted by Gasteiger charge is -2.23. The number of aryl methyl sites for hydroxylation is 1. The molecule has 0 saturated carbocycles. The number of carbonyl (C=O) groups excluding carboxylic acids is 1. The number of aromatic nitrogens is 4. The number of hydrogen-bond acceptors (Lipinski definition) is 6. The summed E-state index contributed by atoms with van der Waals surface area (Å²) < 4.78 is 66.3. The number of amides is 1. The lowest BCUT2D eigenvalue weighted by atomic mass is 9.92. The van der Waals surface area contributed by atoms with Crippen LogP contribution in [0, 0.1) is 5.82 Å². The van der Waals surface area contributed by atoms with Crippen molar-refractivity contribution in [1.29, 1.82) is 0 Å². The van der Waals surface area contributed by atoms with Crippen molar-refractivity contribution in [1.82, 2.24) is 25.1 Å². The quantitative estimate of drug-likeness (QED) is 0.424. The van der Waals surface area contributed by atoms with E-state index in [9.17, 15) is 22.4 Å². The van der Waals surface area contributed by atoms with Gasteiger partial charge in [0.15, 0.2) is 6.10 Å². The van der Waals surface area contributed by atoms with Crippen LogP contribution in [0.3, 0.4) is 0 Å². The van der Waals surface area contributed by atoms with Gasteiger partial charge in [0.2, 0.25) is 5.82 Å². The molecule has 2 aromatic carbocycles. The van der Waals surface area contributed by atoms with E-state index in [1.54, 1.807) is 20.0 Å². The number of nitrogens with zero attached hydrogens (tertiary/aromatic N) is 5. The third-order valence-corrected chi connectivity index (χ3v) is 6.17. The van der Waals surface area contributed by atoms with Crippen LogP contribution < -0.4 is 4.74 Å². The van der Waals surface area contributed by atoms with Crippen LogP contribution in [0.2, 0.25) is 0 Å². The maximum atomic E-state index is 14.6. The third kappa shape index (κ3) is 4.71. The predicted octanol–water partition coefficient (Wildman–Crippen LogP) is 5.25. The van der Waals surface area contributed by atoms with Crippen LogP contribution in [-0.2, 0) is 24.5 Å². The Kier molecular flexibility index (Phi) is 6.63. The number of hydrogen-bond donors (Lipinski definition) is 0. The largest absolute Gasteiger partial charge is 0.496 e. The Labute approximate surface area is 204 Å². The summed E-state index contributed by atoms with van der Waals surface area (Å²) in [6.07, 6.45) is -6.17. The Hall–Kier alpha value is -3.70. The first kappa shape index (κ1) is 25.4. The highest BCUT2D eigenvalue weighted by atomic mass is 19.4. The summed E-state index contributed by atoms with van der Waals surface area (Å²) >= 11 is 0. The third-order valence-electron chi connectivity index (χ3n) is 6.17. The summed E-state index contributed by atoms with van der Waals surface area (Å²) in [5, 5.41) is 11.7. The molecule has 0 spiro atoms. The number of methoxy groups -OCH3 is 1. The second kappa shape index (κ2) is 9.40. The van der Waals surface area contributed by atoms with Crippen molar-refractivity contribution in [3.8, 4) is 16.9 Å². The van der Waals surface area contributed by atoms with E-state index in [1.165, 1.54) is 28.9 Å². The average Bonchev–Trinajstić information content (AvgIpc) is 3.36. The van der Waals surface area contributed by atoms with E-state index >= 15 is 0 Å². The molecule has 0 radical (unpaired) electrons. The van der Waals surface area contributed by atoms with Gasteiger partial charge in [-0.05, 0) is 52.9 Å². The van der Waals surface area contributed by atoms with E-state index in [2.05, 4.69) is 15.4 Å². The highest BCUT2D eigenvalue weighted by Gasteiger charge is 2.43. The molecule has 4 rings (SSSR count). The fraction of sp³-hybridized carbons (Fsp3) is 0.417. The summed E-state index contributed by atoms with van der Waals surface area (Å²) in [7, 11) is 2.92. The Balaban J connectivity index is 1.80. The maximum Gasteiger partial charge on any atom is 0.416 e. The van der Waals surface area contributed by atoms with Gasteiger partial charge in [-0.1, -0.05) is 19.9 Å². The summed E-state index contributed by atoms with van der Waals surface area (Å²) in [5.41, 5.74) is 0.501. The second-order valence-electron chi connectivity index (χ2n) is 8.91. The van der Waals surface area contributed by atoms with E-state index in [4.69, 9.17) is 9.47 Å². The monoisotopic (exact) mass is 507 g/mol. The van der Waals surface area contributed by atoms with E-state index in [1.807, 2.05) is 13.8 Å². The molecule has 0 bridgehead atoms. The number of carbonyl (C=O) groups is 1. The fourth-order valence-corrected chi connectivity index (χ4v) is 4.23. The van der Waals surface area contributed by atoms with Gasteiger partial charge in [-0.2, -0.15) is 18.0 Å². The summed E-state index contributed by atoms with van der Waals surface area (Å²) in [4.78, 5) is 15.3. The first-order valence-electron chi connectivity index (χ1n) is 11.2. The summed E-state index contributed by atoms with van der Waals surface area (Å²) in [6.45, 7) is 5.11. The topological polar surface area (TPSA) is 82.4 Å². The van der Waals surface area contributed by atoms with Crippen LogP contribution in [0.15, 0.2) is 30.3 Å². The average molecular weight is 507 g/mol. The van der Waals surface area contributed by atoms with Crippen molar-refractivity contribution in [2.45, 2.75) is 51.6 Å². The van der Waals surface area contributed by atoms with Crippen molar-refractivity contribution < 1.29 is 31.8 Å². The predicted molar refractivity (Wildman–Crippen MR) is 121 cm³/mol. The first-order valence-corrected chi connectivity index (χ1v) is 11.2. The molecule has 1 amide bonds. The molecule has 0 unspecified atom stereocenters. The van der Waals surface area contributed by atoms with Crippen LogP contribution >= 0.6 is 0 Å². The molecule has 8 nitrogen and oxygen atoms in total. The van der Waals surface area contributed by atoms with Gasteiger partial charge in [0, 0.05) is 11.6 Å². The first-order chi connectivity index (χ1) is 16.9. The second-order valence-corrected chi connectivity index (χ2v) is 8.91. The molecule has 1 fully saturated rings. The van der Waals surface area contributed by atoms with E-state index in [0.29, 0.717) is 16.7 Å². The van der Waals surface area contributed by atoms with Gasteiger partial charge in [-0.3, -0.25) is 4.90 Å². The zero-order chi connectivity index (χ0) is 26.4. The standard InChI is InChI=1S/C24H25F4N5O3/c1-12(2)17-9-18(20(35-5)10-19(17)25)16-7-6-15(24(26,27)28)8-14(16)11-33-13(3)21(36-23(33)34)22-29-31-32(4)30-22/h6-10,12-13,21H,11H2,1-5H3/t13-,21-/m0/s1. The number of rotatable bonds is 6. The Bertz CT molecular complexity index is 1290. The van der Waals surface area contributed by atoms with E-state index in [0.717, 1.165) is 12.1 Å². The Morgan fingerprint density at radius 1 is 1.17 bits per heavy atom. The van der Waals surface area contributed by atoms with Crippen molar-refractivity contribution in [2.75, 3.05) is 7.11 Å². The van der Waals surface area contributed by atoms with Crippen molar-refractivity contribution >= 4 is 6.09 Å². The lowest BCUT2D eigenvalue weighted by molar-refractivity contribution is -0.137. The van der Waals surface area contributed by atoms with E-state index in [-0.39, 0.29) is 29.6 Å². The number of ether oxygens (including phenoxy) is 2. The lowest BCUT2D eigenvalue weighted by Crippen LogP contribution is -2.32. The number of tetrazole rings is 1. The minimum absolute atomic E-state index is 0.164. The van der Waals surface area contributed by atoms with Crippen LogP contribution in [0.4, 0.5) is 22.4 Å². The van der Waals surface area contributed by atoms with Gasteiger partial charge < -0.3 is 9.47 Å². The van der Waals surface area contributed by atoms with Gasteiger partial charge in [-0.25, -0.2) is 9.18 Å². The minimum Gasteiger partial charge on any atom is -0.496 e. The van der Waals surface area contributed by atoms with Crippen LogP contribution in [0.5, 0.6) is 5.75 Å². The van der Waals surface area contributed by atoms with Crippen LogP contribution in [0.25, 0.3) is 11.1 Å². The number of cyclic esters (lactones) is 1. The van der Waals surface area contributed by atoms with Crippen LogP contribution in [-0.4, -0.2) is 44.4 Å². The molecule has 0 aliphatic carbocycles. The molecule has 3 aromatic rings. The Morgan fingerprint density at radius 3 is 2.47 bits per heavy atom. The van der Waals surface area contributed by atoms with Gasteiger partial charge in [0.1, 0.15) is 11.6 Å². The number of alkyl halides is 3. The SMILES string of the molecule is COc1cc(F)c(C(C)C)cc1-c1ccc(C(F)(F)F)cc1CN1C(=O)O[C@H](c2nnn(C)n2)[C@@H]1C. The van der Waals surface area contributed by atoms with Gasteiger partial charge in [-0.15, -0.1) is 10.2 Å². The van der Waals surface area contributed by atoms with Crippen molar-refractivity contribution in [3.05, 3.63) is 58.7 Å². The molecule has 1 aliphatic heterocycles. The number of halogens is 4. The molecule has 1 saturated heterocycles. The summed E-state index contributed by atoms with van der Waals surface area (Å²) in [5.74, 6) is -0.306. The zero-order valence-electron chi connectivity index (χ0n) is 20.3. The van der Waals surface area contributed by atoms with E-state index < -0.39 is 35.8 Å². The Morgan fingerprint density at radius 2 is 1.89 bits per heavy atom. The number of benzene rings is 2. The molecular weight excluding hydrogens is 482 g/mol.